The van der Waals surface area contributed by atoms with Gasteiger partial charge in [0.05, 0.1) is 34.3 Å². The lowest BCUT2D eigenvalue weighted by molar-refractivity contribution is 1.18. The number of rotatable bonds is 4. The van der Waals surface area contributed by atoms with Crippen LogP contribution in [0.4, 0.5) is 0 Å². The highest BCUT2D eigenvalue weighted by Gasteiger charge is 2.17. The maximum absolute atomic E-state index is 9.86. The molecule has 0 saturated carbocycles. The van der Waals surface area contributed by atoms with Gasteiger partial charge in [-0.05, 0) is 76.3 Å². The summed E-state index contributed by atoms with van der Waals surface area (Å²) in [6.07, 6.45) is 0. The molecule has 190 valence electrons. The van der Waals surface area contributed by atoms with E-state index in [1.54, 1.807) is 18.2 Å². The van der Waals surface area contributed by atoms with Crippen LogP contribution < -0.4 is 0 Å². The molecule has 0 bridgehead atoms. The molecule has 0 saturated heterocycles. The third kappa shape index (κ3) is 4.14. The van der Waals surface area contributed by atoms with Crippen LogP contribution in [0.25, 0.3) is 60.9 Å². The second-order valence-electron chi connectivity index (χ2n) is 10.0. The molecule has 7 aromatic rings. The molecular formula is C38H23N3. The van der Waals surface area contributed by atoms with Crippen LogP contribution in [0.2, 0.25) is 0 Å². The lowest BCUT2D eigenvalue weighted by atomic mass is 9.94. The third-order valence-corrected chi connectivity index (χ3v) is 7.68. The molecule has 0 fully saturated rings. The van der Waals surface area contributed by atoms with E-state index in [4.69, 9.17) is 0 Å². The summed E-state index contributed by atoms with van der Waals surface area (Å²) in [5.74, 6) is 0. The van der Waals surface area contributed by atoms with Crippen LogP contribution in [0, 0.1) is 22.7 Å². The second kappa shape index (κ2) is 10.0. The Labute approximate surface area is 238 Å². The van der Waals surface area contributed by atoms with E-state index < -0.39 is 0 Å². The van der Waals surface area contributed by atoms with Gasteiger partial charge >= 0.3 is 0 Å². The van der Waals surface area contributed by atoms with Crippen molar-refractivity contribution in [3.05, 3.63) is 151 Å². The number of hydrogen-bond donors (Lipinski definition) is 0. The van der Waals surface area contributed by atoms with Gasteiger partial charge in [0.15, 0.2) is 0 Å². The van der Waals surface area contributed by atoms with E-state index in [2.05, 4.69) is 120 Å². The lowest BCUT2D eigenvalue weighted by Gasteiger charge is -2.11. The van der Waals surface area contributed by atoms with E-state index in [0.29, 0.717) is 16.7 Å². The van der Waals surface area contributed by atoms with E-state index in [9.17, 15) is 10.5 Å². The second-order valence-corrected chi connectivity index (χ2v) is 10.0. The largest absolute Gasteiger partial charge is 0.309 e. The Morgan fingerprint density at radius 1 is 0.415 bits per heavy atom. The Balaban J connectivity index is 1.52. The molecule has 0 aliphatic heterocycles. The van der Waals surface area contributed by atoms with Gasteiger partial charge < -0.3 is 4.57 Å². The molecule has 3 nitrogen and oxygen atoms in total. The molecule has 7 rings (SSSR count). The molecule has 0 radical (unpaired) electrons. The molecule has 0 spiro atoms. The Morgan fingerprint density at radius 3 is 1.49 bits per heavy atom. The SMILES string of the molecule is N#Cc1cccc(C#N)c1-c1ccc2c(c1)c1cc(-c3ccccc3)ccc1n2-c1cccc(-c2ccccc2)c1. The summed E-state index contributed by atoms with van der Waals surface area (Å²) in [5.41, 5.74) is 10.3. The number of benzene rings is 6. The number of aromatic nitrogens is 1. The molecule has 0 aliphatic rings. The Morgan fingerprint density at radius 2 is 0.902 bits per heavy atom. The highest BCUT2D eigenvalue weighted by Crippen LogP contribution is 2.39. The summed E-state index contributed by atoms with van der Waals surface area (Å²) in [7, 11) is 0. The zero-order chi connectivity index (χ0) is 27.8. The maximum atomic E-state index is 9.86. The van der Waals surface area contributed by atoms with Gasteiger partial charge in [0.25, 0.3) is 0 Å². The van der Waals surface area contributed by atoms with Gasteiger partial charge in [-0.3, -0.25) is 0 Å². The third-order valence-electron chi connectivity index (χ3n) is 7.68. The first-order valence-corrected chi connectivity index (χ1v) is 13.5. The minimum absolute atomic E-state index is 0.493. The van der Waals surface area contributed by atoms with Gasteiger partial charge in [0.1, 0.15) is 0 Å². The fourth-order valence-corrected chi connectivity index (χ4v) is 5.77. The van der Waals surface area contributed by atoms with Crippen molar-refractivity contribution in [2.75, 3.05) is 0 Å². The Hall–Kier alpha value is -5.90. The molecule has 0 atom stereocenters. The van der Waals surface area contributed by atoms with Crippen molar-refractivity contribution in [2.45, 2.75) is 0 Å². The molecule has 6 aromatic carbocycles. The summed E-state index contributed by atoms with van der Waals surface area (Å²) in [6.45, 7) is 0. The fourth-order valence-electron chi connectivity index (χ4n) is 5.77. The van der Waals surface area contributed by atoms with Crippen molar-refractivity contribution in [3.8, 4) is 51.2 Å². The zero-order valence-corrected chi connectivity index (χ0v) is 22.1. The molecule has 0 unspecified atom stereocenters. The maximum Gasteiger partial charge on any atom is 0.0998 e. The van der Waals surface area contributed by atoms with Crippen LogP contribution in [-0.2, 0) is 0 Å². The van der Waals surface area contributed by atoms with Crippen LogP contribution in [0.5, 0.6) is 0 Å². The van der Waals surface area contributed by atoms with Gasteiger partial charge in [-0.25, -0.2) is 0 Å². The number of fused-ring (bicyclic) bond motifs is 3. The molecule has 0 N–H and O–H groups in total. The monoisotopic (exact) mass is 521 g/mol. The van der Waals surface area contributed by atoms with E-state index in [1.807, 2.05) is 18.2 Å². The van der Waals surface area contributed by atoms with Crippen molar-refractivity contribution in [1.82, 2.24) is 4.57 Å². The Bertz CT molecular complexity index is 2130. The van der Waals surface area contributed by atoms with E-state index in [1.165, 1.54) is 5.56 Å². The predicted molar refractivity (Wildman–Crippen MR) is 167 cm³/mol. The summed E-state index contributed by atoms with van der Waals surface area (Å²) in [5, 5.41) is 21.9. The average molecular weight is 522 g/mol. The van der Waals surface area contributed by atoms with Crippen LogP contribution in [-0.4, -0.2) is 4.57 Å². The smallest absolute Gasteiger partial charge is 0.0998 e. The first kappa shape index (κ1) is 24.2. The standard InChI is InChI=1S/C38H23N3/c39-24-31-14-7-15-32(25-40)38(31)30-18-20-37-35(23-30)34-22-29(27-11-5-2-6-12-27)17-19-36(34)41(37)33-16-8-13-28(21-33)26-9-3-1-4-10-26/h1-23H. The molecule has 3 heteroatoms. The summed E-state index contributed by atoms with van der Waals surface area (Å²) in [6, 6.07) is 52.1. The number of hydrogen-bond acceptors (Lipinski definition) is 2. The van der Waals surface area contributed by atoms with Gasteiger partial charge in [-0.15, -0.1) is 0 Å². The highest BCUT2D eigenvalue weighted by molar-refractivity contribution is 6.12. The quantitative estimate of drug-likeness (QED) is 0.232. The summed E-state index contributed by atoms with van der Waals surface area (Å²) < 4.78 is 2.30. The summed E-state index contributed by atoms with van der Waals surface area (Å²) in [4.78, 5) is 0. The molecule has 41 heavy (non-hydrogen) atoms. The van der Waals surface area contributed by atoms with Gasteiger partial charge in [0.2, 0.25) is 0 Å². The van der Waals surface area contributed by atoms with Crippen LogP contribution in [0.15, 0.2) is 140 Å². The molecule has 0 aliphatic carbocycles. The van der Waals surface area contributed by atoms with Gasteiger partial charge in [0, 0.05) is 22.0 Å². The molecule has 0 amide bonds. The highest BCUT2D eigenvalue weighted by atomic mass is 15.0. The Kier molecular flexibility index (Phi) is 5.90. The topological polar surface area (TPSA) is 52.5 Å². The van der Waals surface area contributed by atoms with Crippen LogP contribution in [0.1, 0.15) is 11.1 Å². The van der Waals surface area contributed by atoms with E-state index in [-0.39, 0.29) is 0 Å². The van der Waals surface area contributed by atoms with E-state index >= 15 is 0 Å². The minimum Gasteiger partial charge on any atom is -0.309 e. The van der Waals surface area contributed by atoms with Gasteiger partial charge in [-0.2, -0.15) is 10.5 Å². The molecular weight excluding hydrogens is 498 g/mol. The zero-order valence-electron chi connectivity index (χ0n) is 22.1. The predicted octanol–water partition coefficient (Wildman–Crippen LogP) is 9.53. The normalized spacial score (nSPS) is 10.9. The average Bonchev–Trinajstić information content (AvgIpc) is 3.38. The van der Waals surface area contributed by atoms with Crippen molar-refractivity contribution >= 4 is 21.8 Å². The van der Waals surface area contributed by atoms with Crippen molar-refractivity contribution in [1.29, 1.82) is 10.5 Å². The fraction of sp³-hybridized carbons (Fsp3) is 0. The number of nitriles is 2. The lowest BCUT2D eigenvalue weighted by Crippen LogP contribution is -1.95. The van der Waals surface area contributed by atoms with Crippen LogP contribution in [0.3, 0.4) is 0 Å². The van der Waals surface area contributed by atoms with Crippen LogP contribution >= 0.6 is 0 Å². The molecule has 1 aromatic heterocycles. The first-order chi connectivity index (χ1) is 20.2. The van der Waals surface area contributed by atoms with Gasteiger partial charge in [-0.1, -0.05) is 91.0 Å². The minimum atomic E-state index is 0.493. The molecule has 1 heterocycles. The van der Waals surface area contributed by atoms with Crippen molar-refractivity contribution < 1.29 is 0 Å². The first-order valence-electron chi connectivity index (χ1n) is 13.5. The summed E-state index contributed by atoms with van der Waals surface area (Å²) >= 11 is 0. The van der Waals surface area contributed by atoms with E-state index in [0.717, 1.165) is 49.7 Å². The van der Waals surface area contributed by atoms with Crippen molar-refractivity contribution in [2.24, 2.45) is 0 Å². The van der Waals surface area contributed by atoms with Crippen molar-refractivity contribution in [3.63, 3.8) is 0 Å². The number of nitrogens with zero attached hydrogens (tertiary/aromatic N) is 3.